The summed E-state index contributed by atoms with van der Waals surface area (Å²) in [6, 6.07) is 31.3. The minimum atomic E-state index is -0.119. The van der Waals surface area contributed by atoms with Gasteiger partial charge in [-0.05, 0) is 56.9 Å². The Morgan fingerprint density at radius 1 is 0.907 bits per heavy atom. The number of ether oxygens (including phenoxy) is 1. The van der Waals surface area contributed by atoms with Crippen LogP contribution in [0, 0.1) is 0 Å². The standard InChI is InChI=1S/C34H25BrClN5O2/c35-27-20-39-41-32(17-29(40-33(27)41)25-7-2-3-9-28(25)36)37-18-21-12-14-22(15-13-21)19-38-34(42)24-8-5-11-31-26(24)16-23-6-1-4-10-30(23)43-31/h1-15,17,20,37H,16,18-19H2,(H,38,42). The van der Waals surface area contributed by atoms with Crippen molar-refractivity contribution in [2.75, 3.05) is 5.32 Å². The summed E-state index contributed by atoms with van der Waals surface area (Å²) in [4.78, 5) is 18.0. The average Bonchev–Trinajstić information content (AvgIpc) is 3.42. The zero-order valence-corrected chi connectivity index (χ0v) is 25.2. The summed E-state index contributed by atoms with van der Waals surface area (Å²) in [5.74, 6) is 2.25. The number of anilines is 1. The molecule has 0 bridgehead atoms. The second-order valence-corrected chi connectivity index (χ2v) is 11.5. The summed E-state index contributed by atoms with van der Waals surface area (Å²) >= 11 is 10.0. The molecule has 0 spiro atoms. The van der Waals surface area contributed by atoms with Gasteiger partial charge in [-0.2, -0.15) is 9.61 Å². The van der Waals surface area contributed by atoms with E-state index in [0.29, 0.717) is 35.7 Å². The maximum atomic E-state index is 13.2. The van der Waals surface area contributed by atoms with Crippen molar-refractivity contribution in [3.05, 3.63) is 141 Å². The Bertz CT molecular complexity index is 1990. The smallest absolute Gasteiger partial charge is 0.251 e. The van der Waals surface area contributed by atoms with Crippen molar-refractivity contribution in [1.82, 2.24) is 19.9 Å². The van der Waals surface area contributed by atoms with Crippen molar-refractivity contribution in [2.45, 2.75) is 19.5 Å². The molecule has 3 heterocycles. The Kier molecular flexibility index (Phi) is 7.30. The lowest BCUT2D eigenvalue weighted by Crippen LogP contribution is -2.24. The molecule has 0 radical (unpaired) electrons. The summed E-state index contributed by atoms with van der Waals surface area (Å²) in [6.07, 6.45) is 2.39. The summed E-state index contributed by atoms with van der Waals surface area (Å²) in [7, 11) is 0. The van der Waals surface area contributed by atoms with E-state index in [1.807, 2.05) is 84.9 Å². The van der Waals surface area contributed by atoms with Gasteiger partial charge in [0.25, 0.3) is 5.91 Å². The van der Waals surface area contributed by atoms with Gasteiger partial charge in [-0.25, -0.2) is 4.98 Å². The molecule has 2 N–H and O–H groups in total. The fraction of sp³-hybridized carbons (Fsp3) is 0.0882. The number of benzene rings is 4. The van der Waals surface area contributed by atoms with Crippen molar-refractivity contribution in [3.63, 3.8) is 0 Å². The van der Waals surface area contributed by atoms with E-state index in [9.17, 15) is 4.79 Å². The van der Waals surface area contributed by atoms with E-state index in [0.717, 1.165) is 55.3 Å². The van der Waals surface area contributed by atoms with Crippen LogP contribution in [0.4, 0.5) is 5.82 Å². The lowest BCUT2D eigenvalue weighted by molar-refractivity contribution is 0.0949. The number of nitrogens with one attached hydrogen (secondary N) is 2. The van der Waals surface area contributed by atoms with Crippen molar-refractivity contribution in [1.29, 1.82) is 0 Å². The topological polar surface area (TPSA) is 80.5 Å². The Labute approximate surface area is 261 Å². The van der Waals surface area contributed by atoms with Gasteiger partial charge in [-0.3, -0.25) is 4.79 Å². The van der Waals surface area contributed by atoms with E-state index in [4.69, 9.17) is 21.3 Å². The van der Waals surface area contributed by atoms with Gasteiger partial charge in [-0.15, -0.1) is 0 Å². The van der Waals surface area contributed by atoms with Crippen molar-refractivity contribution < 1.29 is 9.53 Å². The van der Waals surface area contributed by atoms with Crippen LogP contribution in [-0.2, 0) is 19.5 Å². The Morgan fingerprint density at radius 3 is 2.49 bits per heavy atom. The number of halogens is 2. The van der Waals surface area contributed by atoms with E-state index in [2.05, 4.69) is 43.8 Å². The minimum Gasteiger partial charge on any atom is -0.457 e. The number of para-hydroxylation sites is 1. The van der Waals surface area contributed by atoms with Gasteiger partial charge in [0, 0.05) is 47.3 Å². The molecule has 7 nitrogen and oxygen atoms in total. The predicted octanol–water partition coefficient (Wildman–Crippen LogP) is 8.05. The highest BCUT2D eigenvalue weighted by atomic mass is 79.9. The third-order valence-electron chi connectivity index (χ3n) is 7.47. The molecule has 0 unspecified atom stereocenters. The van der Waals surface area contributed by atoms with Crippen molar-refractivity contribution in [3.8, 4) is 22.8 Å². The summed E-state index contributed by atoms with van der Waals surface area (Å²) in [6.45, 7) is 0.990. The maximum absolute atomic E-state index is 13.2. The number of carbonyl (C=O) groups is 1. The fourth-order valence-corrected chi connectivity index (χ4v) is 5.81. The second-order valence-electron chi connectivity index (χ2n) is 10.3. The number of aromatic nitrogens is 3. The lowest BCUT2D eigenvalue weighted by Gasteiger charge is -2.22. The molecule has 9 heteroatoms. The molecule has 1 aliphatic rings. The van der Waals surface area contributed by atoms with E-state index in [-0.39, 0.29) is 5.91 Å². The molecule has 212 valence electrons. The quantitative estimate of drug-likeness (QED) is 0.183. The number of hydrogen-bond acceptors (Lipinski definition) is 5. The van der Waals surface area contributed by atoms with E-state index < -0.39 is 0 Å². The number of nitrogens with zero attached hydrogens (tertiary/aromatic N) is 3. The number of carbonyl (C=O) groups excluding carboxylic acids is 1. The third kappa shape index (κ3) is 5.47. The highest BCUT2D eigenvalue weighted by molar-refractivity contribution is 9.10. The molecule has 1 amide bonds. The van der Waals surface area contributed by atoms with Crippen LogP contribution in [0.15, 0.2) is 108 Å². The summed E-state index contributed by atoms with van der Waals surface area (Å²) < 4.78 is 8.61. The minimum absolute atomic E-state index is 0.119. The van der Waals surface area contributed by atoms with Crippen LogP contribution in [0.5, 0.6) is 11.5 Å². The molecule has 7 rings (SSSR count). The molecule has 43 heavy (non-hydrogen) atoms. The first-order valence-electron chi connectivity index (χ1n) is 13.8. The van der Waals surface area contributed by atoms with E-state index >= 15 is 0 Å². The predicted molar refractivity (Wildman–Crippen MR) is 172 cm³/mol. The van der Waals surface area contributed by atoms with E-state index in [1.54, 1.807) is 10.7 Å². The molecule has 0 saturated carbocycles. The number of amides is 1. The molecule has 1 aliphatic heterocycles. The molecular formula is C34H25BrClN5O2. The average molecular weight is 651 g/mol. The number of fused-ring (bicyclic) bond motifs is 3. The normalized spacial score (nSPS) is 11.9. The molecule has 2 aromatic heterocycles. The second kappa shape index (κ2) is 11.6. The van der Waals surface area contributed by atoms with Gasteiger partial charge in [0.15, 0.2) is 5.65 Å². The molecular weight excluding hydrogens is 626 g/mol. The largest absolute Gasteiger partial charge is 0.457 e. The van der Waals surface area contributed by atoms with Crippen LogP contribution in [0.2, 0.25) is 5.02 Å². The molecule has 0 saturated heterocycles. The van der Waals surface area contributed by atoms with E-state index in [1.165, 1.54) is 0 Å². The van der Waals surface area contributed by atoms with Crippen LogP contribution < -0.4 is 15.4 Å². The highest BCUT2D eigenvalue weighted by Crippen LogP contribution is 2.38. The third-order valence-corrected chi connectivity index (χ3v) is 8.35. The van der Waals surface area contributed by atoms with Crippen LogP contribution in [0.1, 0.15) is 32.6 Å². The van der Waals surface area contributed by atoms with Gasteiger partial charge in [0.1, 0.15) is 17.3 Å². The monoisotopic (exact) mass is 649 g/mol. The zero-order chi connectivity index (χ0) is 29.3. The molecule has 4 aromatic carbocycles. The maximum Gasteiger partial charge on any atom is 0.251 e. The number of hydrogen-bond donors (Lipinski definition) is 2. The fourth-order valence-electron chi connectivity index (χ4n) is 5.23. The summed E-state index contributed by atoms with van der Waals surface area (Å²) in [5.41, 5.74) is 7.01. The van der Waals surface area contributed by atoms with Crippen LogP contribution in [0.25, 0.3) is 16.9 Å². The number of rotatable bonds is 7. The molecule has 0 aliphatic carbocycles. The van der Waals surface area contributed by atoms with Gasteiger partial charge in [0.2, 0.25) is 0 Å². The first kappa shape index (κ1) is 27.2. The van der Waals surface area contributed by atoms with Crippen LogP contribution in [0.3, 0.4) is 0 Å². The van der Waals surface area contributed by atoms with Crippen molar-refractivity contribution >= 4 is 44.9 Å². The zero-order valence-electron chi connectivity index (χ0n) is 22.9. The first-order chi connectivity index (χ1) is 21.0. The molecule has 6 aromatic rings. The van der Waals surface area contributed by atoms with Gasteiger partial charge in [-0.1, -0.05) is 78.3 Å². The molecule has 0 fully saturated rings. The highest BCUT2D eigenvalue weighted by Gasteiger charge is 2.22. The van der Waals surface area contributed by atoms with Gasteiger partial charge >= 0.3 is 0 Å². The SMILES string of the molecule is O=C(NCc1ccc(CNc2cc(-c3ccccc3Cl)nc3c(Br)cnn23)cc1)c1cccc2c1Cc1ccccc1O2. The Morgan fingerprint density at radius 2 is 1.65 bits per heavy atom. The van der Waals surface area contributed by atoms with Crippen LogP contribution >= 0.6 is 27.5 Å². The Hall–Kier alpha value is -4.66. The molecule has 0 atom stereocenters. The first-order valence-corrected chi connectivity index (χ1v) is 15.0. The lowest BCUT2D eigenvalue weighted by atomic mass is 9.95. The van der Waals surface area contributed by atoms with Crippen molar-refractivity contribution in [2.24, 2.45) is 0 Å². The van der Waals surface area contributed by atoms with Gasteiger partial charge < -0.3 is 15.4 Å². The van der Waals surface area contributed by atoms with Gasteiger partial charge in [0.05, 0.1) is 16.4 Å². The Balaban J connectivity index is 1.03. The van der Waals surface area contributed by atoms with Crippen LogP contribution in [-0.4, -0.2) is 20.5 Å². The summed E-state index contributed by atoms with van der Waals surface area (Å²) in [5, 5.41) is 11.7.